The lowest BCUT2D eigenvalue weighted by Gasteiger charge is -2.33. The van der Waals surface area contributed by atoms with Crippen LogP contribution in [0.1, 0.15) is 53.0 Å². The molecule has 0 bridgehead atoms. The van der Waals surface area contributed by atoms with Gasteiger partial charge in [-0.25, -0.2) is 28.7 Å². The number of carbonyl (C=O) groups is 2. The van der Waals surface area contributed by atoms with Crippen LogP contribution in [0.5, 0.6) is 5.75 Å². The molecule has 12 nitrogen and oxygen atoms in total. The molecular formula is C30H22F4N9O3+. The van der Waals surface area contributed by atoms with E-state index in [1.54, 1.807) is 6.92 Å². The second-order valence-electron chi connectivity index (χ2n) is 10.9. The molecule has 2 aliphatic heterocycles. The van der Waals surface area contributed by atoms with E-state index < -0.39 is 36.1 Å². The highest BCUT2D eigenvalue weighted by molar-refractivity contribution is 6.09. The van der Waals surface area contributed by atoms with Gasteiger partial charge >= 0.3 is 17.8 Å². The number of hydrogen-bond donors (Lipinski definition) is 1. The molecule has 0 atom stereocenters. The lowest BCUT2D eigenvalue weighted by molar-refractivity contribution is -0.445. The van der Waals surface area contributed by atoms with E-state index in [-0.39, 0.29) is 45.7 Å². The molecule has 1 saturated carbocycles. The molecule has 3 aromatic heterocycles. The Hall–Kier alpha value is -5.67. The Kier molecular flexibility index (Phi) is 6.79. The topological polar surface area (TPSA) is 152 Å². The standard InChI is InChI=1S/C30H21F4N9O3/c1-14(27-38-10-18(32)11-39-27)43-28-19(12-40-43)24(25(26(35)44)20(41-28)6-15-2-3-15)16-4-5-21-22(7-16)46-30(33,34)29(45)42(21)13-23-36-8-17(31)9-37-23/h4-5,7-12,15H,2-3,6,13H2,1H3,(H-,35,44)/p+1/b43-14-. The summed E-state index contributed by atoms with van der Waals surface area (Å²) in [6, 6.07) is 4.18. The van der Waals surface area contributed by atoms with Gasteiger partial charge in [-0.1, -0.05) is 15.9 Å². The number of nitrogens with two attached hydrogens (primary N) is 1. The second-order valence-corrected chi connectivity index (χ2v) is 10.9. The van der Waals surface area contributed by atoms with Gasteiger partial charge in [0, 0.05) is 18.9 Å². The molecule has 7 rings (SSSR count). The van der Waals surface area contributed by atoms with Crippen LogP contribution in [0.4, 0.5) is 29.1 Å². The molecule has 2 amide bonds. The lowest BCUT2D eigenvalue weighted by Crippen LogP contribution is -2.50. The number of halogens is 4. The molecule has 4 aromatic rings. The van der Waals surface area contributed by atoms with Crippen molar-refractivity contribution in [1.29, 1.82) is 0 Å². The third-order valence-electron chi connectivity index (χ3n) is 7.72. The van der Waals surface area contributed by atoms with Crippen molar-refractivity contribution in [1.82, 2.24) is 24.9 Å². The minimum Gasteiger partial charge on any atom is -0.423 e. The Bertz CT molecular complexity index is 2000. The van der Waals surface area contributed by atoms with Crippen molar-refractivity contribution in [2.45, 2.75) is 38.8 Å². The monoisotopic (exact) mass is 632 g/mol. The van der Waals surface area contributed by atoms with Crippen LogP contribution in [0.15, 0.2) is 48.1 Å². The Morgan fingerprint density at radius 2 is 1.76 bits per heavy atom. The number of hydrogen-bond acceptors (Lipinski definition) is 9. The van der Waals surface area contributed by atoms with Crippen molar-refractivity contribution < 1.29 is 36.6 Å². The molecule has 1 fully saturated rings. The predicted octanol–water partition coefficient (Wildman–Crippen LogP) is 3.68. The number of carbonyl (C=O) groups excluding carboxylic acids is 2. The van der Waals surface area contributed by atoms with Gasteiger partial charge in [-0.15, -0.1) is 0 Å². The van der Waals surface area contributed by atoms with Crippen LogP contribution in [-0.4, -0.2) is 59.5 Å². The van der Waals surface area contributed by atoms with Crippen LogP contribution in [0.25, 0.3) is 11.1 Å². The molecule has 0 radical (unpaired) electrons. The highest BCUT2D eigenvalue weighted by Gasteiger charge is 2.51. The zero-order valence-corrected chi connectivity index (χ0v) is 23.9. The first-order valence-electron chi connectivity index (χ1n) is 14.0. The van der Waals surface area contributed by atoms with Gasteiger partial charge in [-0.05, 0) is 41.4 Å². The quantitative estimate of drug-likeness (QED) is 0.239. The fourth-order valence-electron chi connectivity index (χ4n) is 5.38. The summed E-state index contributed by atoms with van der Waals surface area (Å²) in [5.74, 6) is -3.50. The highest BCUT2D eigenvalue weighted by atomic mass is 19.3. The Labute approximate surface area is 257 Å². The van der Waals surface area contributed by atoms with Gasteiger partial charge in [0.15, 0.2) is 34.6 Å². The van der Waals surface area contributed by atoms with Gasteiger partial charge in [0.25, 0.3) is 5.91 Å². The van der Waals surface area contributed by atoms with Gasteiger partial charge in [0.1, 0.15) is 11.4 Å². The number of rotatable bonds is 7. The number of amides is 2. The van der Waals surface area contributed by atoms with Crippen LogP contribution in [0.3, 0.4) is 0 Å². The summed E-state index contributed by atoms with van der Waals surface area (Å²) in [6.07, 6.45) is 3.22. The summed E-state index contributed by atoms with van der Waals surface area (Å²) in [7, 11) is 0. The summed E-state index contributed by atoms with van der Waals surface area (Å²) in [5, 5.41) is 4.45. The molecule has 232 valence electrons. The van der Waals surface area contributed by atoms with Gasteiger partial charge in [-0.2, -0.15) is 8.78 Å². The van der Waals surface area contributed by atoms with E-state index in [2.05, 4.69) is 25.0 Å². The predicted molar refractivity (Wildman–Crippen MR) is 153 cm³/mol. The molecule has 0 spiro atoms. The van der Waals surface area contributed by atoms with Crippen molar-refractivity contribution in [2.75, 3.05) is 4.90 Å². The Morgan fingerprint density at radius 3 is 2.41 bits per heavy atom. The maximum atomic E-state index is 14.9. The Balaban J connectivity index is 1.39. The first-order chi connectivity index (χ1) is 22.0. The van der Waals surface area contributed by atoms with E-state index in [4.69, 9.17) is 15.5 Å². The molecule has 5 heterocycles. The maximum absolute atomic E-state index is 14.9. The number of hydrazone groups is 1. The van der Waals surface area contributed by atoms with E-state index in [0.29, 0.717) is 29.2 Å². The molecule has 3 aliphatic rings. The summed E-state index contributed by atoms with van der Waals surface area (Å²) in [4.78, 5) is 46.9. The molecule has 1 aromatic carbocycles. The summed E-state index contributed by atoms with van der Waals surface area (Å²) >= 11 is 0. The molecule has 46 heavy (non-hydrogen) atoms. The number of primary amides is 1. The average Bonchev–Trinajstić information content (AvgIpc) is 3.74. The van der Waals surface area contributed by atoms with E-state index in [1.807, 2.05) is 0 Å². The third-order valence-corrected chi connectivity index (χ3v) is 7.72. The van der Waals surface area contributed by atoms with Gasteiger partial charge in [-0.3, -0.25) is 14.5 Å². The number of fused-ring (bicyclic) bond motifs is 2. The van der Waals surface area contributed by atoms with Crippen LogP contribution in [0, 0.1) is 17.6 Å². The van der Waals surface area contributed by atoms with E-state index in [0.717, 1.165) is 42.5 Å². The fraction of sp³-hybridized carbons (Fsp3) is 0.233. The van der Waals surface area contributed by atoms with Crippen LogP contribution >= 0.6 is 0 Å². The largest absolute Gasteiger partial charge is 0.482 e. The fourth-order valence-corrected chi connectivity index (χ4v) is 5.38. The van der Waals surface area contributed by atoms with Gasteiger partial charge < -0.3 is 10.5 Å². The van der Waals surface area contributed by atoms with Gasteiger partial charge in [0.05, 0.1) is 48.8 Å². The third kappa shape index (κ3) is 5.10. The summed E-state index contributed by atoms with van der Waals surface area (Å²) in [5.41, 5.74) is 7.66. The maximum Gasteiger partial charge on any atom is 0.482 e. The number of alkyl halides is 2. The van der Waals surface area contributed by atoms with E-state index in [1.165, 1.54) is 29.1 Å². The van der Waals surface area contributed by atoms with E-state index in [9.17, 15) is 27.2 Å². The van der Waals surface area contributed by atoms with Crippen molar-refractivity contribution in [3.63, 3.8) is 0 Å². The summed E-state index contributed by atoms with van der Waals surface area (Å²) in [6.45, 7) is 1.17. The number of aromatic nitrogens is 5. The smallest absolute Gasteiger partial charge is 0.423 e. The summed E-state index contributed by atoms with van der Waals surface area (Å²) < 4.78 is 63.0. The highest BCUT2D eigenvalue weighted by Crippen LogP contribution is 2.45. The molecule has 1 aliphatic carbocycles. The van der Waals surface area contributed by atoms with Crippen LogP contribution in [-0.2, 0) is 17.8 Å². The molecular weight excluding hydrogens is 610 g/mol. The molecule has 16 heteroatoms. The van der Waals surface area contributed by atoms with E-state index >= 15 is 0 Å². The average molecular weight is 633 g/mol. The van der Waals surface area contributed by atoms with Crippen LogP contribution < -0.4 is 15.4 Å². The minimum atomic E-state index is -4.25. The van der Waals surface area contributed by atoms with Gasteiger partial charge in [0.2, 0.25) is 0 Å². The number of pyridine rings is 1. The van der Waals surface area contributed by atoms with Crippen molar-refractivity contribution in [3.05, 3.63) is 83.1 Å². The zero-order valence-electron chi connectivity index (χ0n) is 23.9. The molecule has 0 saturated heterocycles. The minimum absolute atomic E-state index is 0.0231. The number of nitrogens with zero attached hydrogens (tertiary/aromatic N) is 8. The first-order valence-corrected chi connectivity index (χ1v) is 14.0. The SMILES string of the molecule is C/C(c1ncc(F)cn1)=[N+]1/N=Cc2c1nc(CC1CC1)c(C(N)=O)c2-c1ccc2c(c1)OC(F)(F)C(=O)N2Cc1ncc(F)cn1. The number of benzene rings is 1. The molecule has 2 N–H and O–H groups in total. The zero-order chi connectivity index (χ0) is 32.3. The molecule has 0 unspecified atom stereocenters. The van der Waals surface area contributed by atoms with Crippen molar-refractivity contribution >= 4 is 35.2 Å². The number of anilines is 1. The number of ether oxygens (including phenoxy) is 1. The van der Waals surface area contributed by atoms with Crippen molar-refractivity contribution in [2.24, 2.45) is 16.8 Å². The Morgan fingerprint density at radius 1 is 1.09 bits per heavy atom. The second kappa shape index (κ2) is 10.7. The van der Waals surface area contributed by atoms with Crippen LogP contribution in [0.2, 0.25) is 0 Å². The normalized spacial score (nSPS) is 17.4. The first kappa shape index (κ1) is 29.1. The lowest BCUT2D eigenvalue weighted by atomic mass is 9.91. The van der Waals surface area contributed by atoms with Crippen molar-refractivity contribution in [3.8, 4) is 16.9 Å².